The summed E-state index contributed by atoms with van der Waals surface area (Å²) in [6, 6.07) is 10.1. The maximum Gasteiger partial charge on any atom is 0.139 e. The molecule has 1 aromatic carbocycles. The van der Waals surface area contributed by atoms with Gasteiger partial charge in [-0.2, -0.15) is 5.10 Å². The summed E-state index contributed by atoms with van der Waals surface area (Å²) >= 11 is 0. The zero-order valence-corrected chi connectivity index (χ0v) is 17.5. The summed E-state index contributed by atoms with van der Waals surface area (Å²) in [6.45, 7) is 8.74. The van der Waals surface area contributed by atoms with E-state index in [0.717, 1.165) is 47.4 Å². The number of aromatic nitrogens is 2. The lowest BCUT2D eigenvalue weighted by Gasteiger charge is -2.11. The van der Waals surface area contributed by atoms with Crippen molar-refractivity contribution < 1.29 is 6.22 Å². The second-order valence-corrected chi connectivity index (χ2v) is 8.75. The quantitative estimate of drug-likeness (QED) is 0.481. The molecule has 0 radical (unpaired) electrons. The fourth-order valence-corrected chi connectivity index (χ4v) is 4.32. The Morgan fingerprint density at radius 1 is 1.30 bits per heavy atom. The Balaban J connectivity index is 0.00000171. The van der Waals surface area contributed by atoms with Crippen molar-refractivity contribution in [3.8, 4) is 11.3 Å². The van der Waals surface area contributed by atoms with Crippen LogP contribution in [0.25, 0.3) is 16.8 Å². The molecule has 2 unspecified atom stereocenters. The number of fused-ring (bicyclic) bond motifs is 1. The average Bonchev–Trinajstić information content (AvgIpc) is 3.22. The average molecular weight is 405 g/mol. The van der Waals surface area contributed by atoms with Crippen LogP contribution in [0.5, 0.6) is 0 Å². The first kappa shape index (κ1) is 22.0. The number of rotatable bonds is 9. The minimum Gasteiger partial charge on any atom is -0.299 e. The molecule has 3 nitrogen and oxygen atoms in total. The summed E-state index contributed by atoms with van der Waals surface area (Å²) in [5.74, 6) is 0.930. The molecule has 2 aliphatic rings. The third-order valence-corrected chi connectivity index (χ3v) is 6.30. The number of benzene rings is 1. The molecule has 1 aromatic heterocycles. The van der Waals surface area contributed by atoms with Crippen molar-refractivity contribution in [2.45, 2.75) is 59.8 Å². The number of hydrogen-bond acceptors (Lipinski definition) is 2. The Kier molecular flexibility index (Phi) is 6.60. The monoisotopic (exact) mass is 404 g/mol. The van der Waals surface area contributed by atoms with Gasteiger partial charge in [-0.25, -0.2) is 0 Å². The number of Topliss-reactive ketones (excluding diaryl/α,β-unsaturated/α-hetero) is 1. The summed E-state index contributed by atoms with van der Waals surface area (Å²) in [5.41, 5.74) is 6.63. The van der Waals surface area contributed by atoms with Crippen molar-refractivity contribution >= 4 is 11.4 Å². The summed E-state index contributed by atoms with van der Waals surface area (Å²) in [4.78, 5) is 12.8. The lowest BCUT2D eigenvalue weighted by Crippen LogP contribution is -2.06. The van der Waals surface area contributed by atoms with Crippen LogP contribution in [0.1, 0.15) is 66.1 Å². The number of nitrogens with one attached hydrogen (secondary N) is 1. The van der Waals surface area contributed by atoms with Gasteiger partial charge in [-0.15, -0.1) is 0 Å². The number of hydrogen-bond donors (Lipinski definition) is 1. The van der Waals surface area contributed by atoms with E-state index in [1.165, 1.54) is 12.0 Å². The van der Waals surface area contributed by atoms with E-state index in [0.29, 0.717) is 24.2 Å². The maximum absolute atomic E-state index is 12.8. The molecule has 2 atom stereocenters. The Morgan fingerprint density at radius 2 is 2.07 bits per heavy atom. The van der Waals surface area contributed by atoms with Gasteiger partial charge in [0, 0.05) is 25.4 Å². The number of carbonyl (C=O) groups excluding carboxylic acids is 1. The Bertz CT molecular complexity index is 986. The van der Waals surface area contributed by atoms with Crippen molar-refractivity contribution in [1.82, 2.24) is 10.2 Å². The summed E-state index contributed by atoms with van der Waals surface area (Å²) in [5, 5.41) is 7.69. The van der Waals surface area contributed by atoms with Crippen LogP contribution in [-0.2, 0) is 11.2 Å². The van der Waals surface area contributed by atoms with Crippen molar-refractivity contribution in [2.24, 2.45) is 11.3 Å². The van der Waals surface area contributed by atoms with E-state index in [1.54, 1.807) is 0 Å². The van der Waals surface area contributed by atoms with Gasteiger partial charge in [0.15, 0.2) is 0 Å². The first-order chi connectivity index (χ1) is 14.0. The molecule has 0 aliphatic heterocycles. The van der Waals surface area contributed by atoms with Gasteiger partial charge in [-0.05, 0) is 36.2 Å². The molecule has 30 heavy (non-hydrogen) atoms. The Hall–Kier alpha value is -2.68. The van der Waals surface area contributed by atoms with E-state index >= 15 is 0 Å². The van der Waals surface area contributed by atoms with Gasteiger partial charge in [0.1, 0.15) is 5.78 Å². The third-order valence-electron chi connectivity index (χ3n) is 6.30. The van der Waals surface area contributed by atoms with E-state index in [4.69, 9.17) is 0 Å². The van der Waals surface area contributed by atoms with Gasteiger partial charge in [0.25, 0.3) is 0 Å². The summed E-state index contributed by atoms with van der Waals surface area (Å²) in [6.07, 6.45) is 11.9. The van der Waals surface area contributed by atoms with Crippen LogP contribution in [0.15, 0.2) is 60.7 Å². The second-order valence-electron chi connectivity index (χ2n) is 8.75. The molecule has 1 N–H and O–H groups in total. The largest absolute Gasteiger partial charge is 0.299 e. The van der Waals surface area contributed by atoms with Crippen LogP contribution in [0.2, 0.25) is 0 Å². The molecule has 3 heteroatoms. The fourth-order valence-electron chi connectivity index (χ4n) is 4.32. The van der Waals surface area contributed by atoms with Crippen LogP contribution in [0.4, 0.5) is 0 Å². The highest BCUT2D eigenvalue weighted by Crippen LogP contribution is 2.56. The topological polar surface area (TPSA) is 45.8 Å². The lowest BCUT2D eigenvalue weighted by atomic mass is 9.93. The van der Waals surface area contributed by atoms with Crippen molar-refractivity contribution in [2.75, 3.05) is 0 Å². The Labute approximate surface area is 182 Å². The number of H-pyrrole nitrogens is 1. The predicted octanol–water partition coefficient (Wildman–Crippen LogP) is 7.19. The fraction of sp³-hybridized carbons (Fsp3) is 0.407. The van der Waals surface area contributed by atoms with Gasteiger partial charge in [-0.3, -0.25) is 9.89 Å². The normalized spacial score (nSPS) is 21.4. The number of aromatic amines is 1. The molecule has 160 valence electrons. The lowest BCUT2D eigenvalue weighted by molar-refractivity contribution is -0.118. The van der Waals surface area contributed by atoms with E-state index in [2.05, 4.69) is 61.0 Å². The standard InChI is InChI=1S/C26H30N2O.CH4.H2/c1-4-8-18(2)24-23(27-28-25(24)20-9-6-5-7-10-20)16-22(29)12-11-19-13-14-26(3)17-21(26)15-19;;/h5-7,9-10,13-15,21H,2,4,8,11-12,16-17H2,1,3H3,(H,27,28);1H4;1H. The Morgan fingerprint density at radius 3 is 2.77 bits per heavy atom. The highest BCUT2D eigenvalue weighted by atomic mass is 16.1. The molecule has 0 saturated heterocycles. The zero-order chi connectivity index (χ0) is 20.4. The molecule has 4 rings (SSSR count). The van der Waals surface area contributed by atoms with Crippen LogP contribution >= 0.6 is 0 Å². The number of nitrogens with zero attached hydrogens (tertiary/aromatic N) is 1. The van der Waals surface area contributed by atoms with Gasteiger partial charge in [0.2, 0.25) is 0 Å². The maximum atomic E-state index is 12.8. The molecule has 1 saturated carbocycles. The van der Waals surface area contributed by atoms with Crippen LogP contribution in [-0.4, -0.2) is 16.0 Å². The van der Waals surface area contributed by atoms with Gasteiger partial charge in [-0.1, -0.05) is 88.4 Å². The molecule has 0 amide bonds. The van der Waals surface area contributed by atoms with Crippen LogP contribution in [0.3, 0.4) is 0 Å². The van der Waals surface area contributed by atoms with Crippen molar-refractivity contribution in [3.05, 3.63) is 72.0 Å². The molecular weight excluding hydrogens is 368 g/mol. The minimum absolute atomic E-state index is 0. The van der Waals surface area contributed by atoms with E-state index in [1.807, 2.05) is 18.2 Å². The number of carbonyl (C=O) groups is 1. The van der Waals surface area contributed by atoms with Gasteiger partial charge < -0.3 is 0 Å². The highest BCUT2D eigenvalue weighted by molar-refractivity contribution is 5.86. The number of allylic oxidation sites excluding steroid dienone is 5. The molecule has 1 heterocycles. The van der Waals surface area contributed by atoms with E-state index < -0.39 is 0 Å². The zero-order valence-electron chi connectivity index (χ0n) is 17.5. The first-order valence-corrected chi connectivity index (χ1v) is 10.7. The molecule has 1 fully saturated rings. The first-order valence-electron chi connectivity index (χ1n) is 10.7. The third kappa shape index (κ3) is 4.56. The van der Waals surface area contributed by atoms with Crippen LogP contribution in [0, 0.1) is 11.3 Å². The molecular formula is C27H36N2O. The predicted molar refractivity (Wildman–Crippen MR) is 128 cm³/mol. The SMILES string of the molecule is C.C=C(CCC)c1c(-c2ccccc2)n[nH]c1CC(=O)CCC1=CC2CC2(C)C=C1.[HH]. The van der Waals surface area contributed by atoms with E-state index in [-0.39, 0.29) is 14.6 Å². The molecule has 2 aromatic rings. The van der Waals surface area contributed by atoms with Crippen molar-refractivity contribution in [1.29, 1.82) is 0 Å². The van der Waals surface area contributed by atoms with Crippen molar-refractivity contribution in [3.63, 3.8) is 0 Å². The molecule has 0 spiro atoms. The second kappa shape index (κ2) is 8.99. The molecule has 0 bridgehead atoms. The summed E-state index contributed by atoms with van der Waals surface area (Å²) in [7, 11) is 0. The highest BCUT2D eigenvalue weighted by Gasteiger charge is 2.47. The van der Waals surface area contributed by atoms with Gasteiger partial charge >= 0.3 is 0 Å². The summed E-state index contributed by atoms with van der Waals surface area (Å²) < 4.78 is 0. The smallest absolute Gasteiger partial charge is 0.139 e. The van der Waals surface area contributed by atoms with E-state index in [9.17, 15) is 4.79 Å². The minimum atomic E-state index is 0. The van der Waals surface area contributed by atoms with Crippen LogP contribution < -0.4 is 0 Å². The number of ketones is 1. The van der Waals surface area contributed by atoms with Gasteiger partial charge in [0.05, 0.1) is 11.4 Å². The molecule has 2 aliphatic carbocycles.